The van der Waals surface area contributed by atoms with Crippen molar-refractivity contribution in [2.45, 2.75) is 4.33 Å². The van der Waals surface area contributed by atoms with Gasteiger partial charge in [0.15, 0.2) is 0 Å². The number of benzene rings is 2. The highest BCUT2D eigenvalue weighted by Crippen LogP contribution is 2.59. The third-order valence-electron chi connectivity index (χ3n) is 4.34. The van der Waals surface area contributed by atoms with Gasteiger partial charge in [-0.25, -0.2) is 9.59 Å². The lowest BCUT2D eigenvalue weighted by molar-refractivity contribution is 0.0418. The summed E-state index contributed by atoms with van der Waals surface area (Å²) in [6.45, 7) is 0.143. The van der Waals surface area contributed by atoms with Gasteiger partial charge < -0.3 is 9.47 Å². The fourth-order valence-electron chi connectivity index (χ4n) is 2.66. The quantitative estimate of drug-likeness (QED) is 0.246. The second-order valence-corrected chi connectivity index (χ2v) is 9.81. The molecule has 8 heteroatoms. The third-order valence-corrected chi connectivity index (χ3v) is 7.34. The molecule has 1 saturated carbocycles. The molecule has 0 N–H and O–H groups in total. The normalized spacial score (nSPS) is 20.0. The number of rotatable bonds is 6. The van der Waals surface area contributed by atoms with E-state index in [0.29, 0.717) is 11.1 Å². The van der Waals surface area contributed by atoms with Gasteiger partial charge in [0.25, 0.3) is 0 Å². The lowest BCUT2D eigenvalue weighted by Gasteiger charge is -2.07. The van der Waals surface area contributed by atoms with E-state index in [2.05, 4.69) is 45.2 Å². The summed E-state index contributed by atoms with van der Waals surface area (Å²) >= 11 is 16.7. The van der Waals surface area contributed by atoms with Crippen molar-refractivity contribution in [3.05, 3.63) is 66.8 Å². The fraction of sp³-hybridized carbons (Fsp3) is 0.263. The molecule has 3 rings (SSSR count). The van der Waals surface area contributed by atoms with Crippen molar-refractivity contribution < 1.29 is 19.1 Å². The van der Waals surface area contributed by atoms with Crippen molar-refractivity contribution in [1.29, 1.82) is 0 Å². The van der Waals surface area contributed by atoms with Gasteiger partial charge in [-0.1, -0.05) is 24.3 Å². The van der Waals surface area contributed by atoms with Crippen LogP contribution in [0.25, 0.3) is 0 Å². The maximum Gasteiger partial charge on any atom is 0.339 e. The molecule has 0 aromatic heterocycles. The van der Waals surface area contributed by atoms with Gasteiger partial charge in [0.1, 0.15) is 4.33 Å². The number of halogens is 4. The minimum absolute atomic E-state index is 0.0713. The lowest BCUT2D eigenvalue weighted by atomic mass is 10.2. The highest BCUT2D eigenvalue weighted by atomic mass is 127. The molecular weight excluding hydrogens is 617 g/mol. The Morgan fingerprint density at radius 2 is 1.19 bits per heavy atom. The molecule has 0 aliphatic heterocycles. The maximum atomic E-state index is 12.2. The van der Waals surface area contributed by atoms with E-state index in [0.717, 1.165) is 7.14 Å². The highest BCUT2D eigenvalue weighted by molar-refractivity contribution is 14.1. The zero-order chi connectivity index (χ0) is 19.6. The van der Waals surface area contributed by atoms with Gasteiger partial charge in [-0.05, 0) is 69.4 Å². The van der Waals surface area contributed by atoms with E-state index in [4.69, 9.17) is 32.7 Å². The predicted octanol–water partition coefficient (Wildman–Crippen LogP) is 5.33. The highest BCUT2D eigenvalue weighted by Gasteiger charge is 2.64. The van der Waals surface area contributed by atoms with E-state index in [9.17, 15) is 9.59 Å². The van der Waals surface area contributed by atoms with E-state index < -0.39 is 16.3 Å². The van der Waals surface area contributed by atoms with Gasteiger partial charge in [0.2, 0.25) is 0 Å². The van der Waals surface area contributed by atoms with E-state index in [1.54, 1.807) is 24.3 Å². The Bertz CT molecular complexity index is 803. The van der Waals surface area contributed by atoms with Crippen molar-refractivity contribution in [2.75, 3.05) is 13.2 Å². The number of esters is 2. The summed E-state index contributed by atoms with van der Waals surface area (Å²) in [6, 6.07) is 14.3. The third kappa shape index (κ3) is 4.89. The standard InChI is InChI=1S/C19H14Cl2I2O4/c20-19(21)13(9-26-17(24)11-5-1-3-7-15(11)22)14(19)10-27-18(25)12-6-2-4-8-16(12)23/h1-8,13-14H,9-10H2/t13-,14+. The van der Waals surface area contributed by atoms with Crippen LogP contribution in [0.5, 0.6) is 0 Å². The zero-order valence-corrected chi connectivity index (χ0v) is 19.7. The molecule has 0 amide bonds. The molecule has 0 bridgehead atoms. The molecule has 0 spiro atoms. The molecule has 27 heavy (non-hydrogen) atoms. The summed E-state index contributed by atoms with van der Waals surface area (Å²) in [7, 11) is 0. The average Bonchev–Trinajstić information content (AvgIpc) is 3.17. The molecule has 1 aliphatic carbocycles. The van der Waals surface area contributed by atoms with Gasteiger partial charge in [0, 0.05) is 19.0 Å². The molecule has 0 unspecified atom stereocenters. The Labute approximate surface area is 194 Å². The second-order valence-electron chi connectivity index (χ2n) is 6.04. The van der Waals surface area contributed by atoms with Gasteiger partial charge in [-0.15, -0.1) is 23.2 Å². The predicted molar refractivity (Wildman–Crippen MR) is 120 cm³/mol. The first kappa shape index (κ1) is 21.1. The molecule has 2 aromatic carbocycles. The SMILES string of the molecule is O=C(OC[C@@H]1[C@H](COC(=O)c2ccccc2I)C1(Cl)Cl)c1ccccc1I. The fourth-order valence-corrected chi connectivity index (χ4v) is 4.60. The summed E-state index contributed by atoms with van der Waals surface area (Å²) < 4.78 is 11.2. The lowest BCUT2D eigenvalue weighted by Crippen LogP contribution is -2.12. The number of hydrogen-bond donors (Lipinski definition) is 0. The van der Waals surface area contributed by atoms with Gasteiger partial charge in [-0.2, -0.15) is 0 Å². The van der Waals surface area contributed by atoms with Gasteiger partial charge in [0.05, 0.1) is 24.3 Å². The monoisotopic (exact) mass is 630 g/mol. The first-order valence-electron chi connectivity index (χ1n) is 8.03. The molecule has 2 aromatic rings. The van der Waals surface area contributed by atoms with Gasteiger partial charge in [-0.3, -0.25) is 0 Å². The summed E-state index contributed by atoms with van der Waals surface area (Å²) in [4.78, 5) is 24.4. The molecule has 4 nitrogen and oxygen atoms in total. The van der Waals surface area contributed by atoms with E-state index in [-0.39, 0.29) is 25.0 Å². The van der Waals surface area contributed by atoms with Crippen molar-refractivity contribution in [2.24, 2.45) is 11.8 Å². The van der Waals surface area contributed by atoms with Crippen molar-refractivity contribution >= 4 is 80.3 Å². The Hall–Kier alpha value is -0.580. The molecule has 0 radical (unpaired) electrons. The number of carbonyl (C=O) groups is 2. The molecule has 1 fully saturated rings. The molecule has 1 aliphatic rings. The largest absolute Gasteiger partial charge is 0.462 e. The average molecular weight is 631 g/mol. The number of carbonyl (C=O) groups excluding carboxylic acids is 2. The van der Waals surface area contributed by atoms with Crippen molar-refractivity contribution in [1.82, 2.24) is 0 Å². The zero-order valence-electron chi connectivity index (χ0n) is 13.8. The van der Waals surface area contributed by atoms with Crippen LogP contribution in [0, 0.1) is 19.0 Å². The topological polar surface area (TPSA) is 52.6 Å². The van der Waals surface area contributed by atoms with Crippen LogP contribution in [-0.2, 0) is 9.47 Å². The smallest absolute Gasteiger partial charge is 0.339 e. The van der Waals surface area contributed by atoms with E-state index in [1.165, 1.54) is 0 Å². The Kier molecular flexibility index (Phi) is 6.92. The van der Waals surface area contributed by atoms with Crippen LogP contribution in [0.3, 0.4) is 0 Å². The number of ether oxygens (including phenoxy) is 2. The minimum atomic E-state index is -1.08. The molecule has 0 saturated heterocycles. The van der Waals surface area contributed by atoms with E-state index in [1.807, 2.05) is 24.3 Å². The van der Waals surface area contributed by atoms with Crippen LogP contribution >= 0.6 is 68.4 Å². The Morgan fingerprint density at radius 1 is 0.815 bits per heavy atom. The summed E-state index contributed by atoms with van der Waals surface area (Å²) in [5.41, 5.74) is 0.991. The van der Waals surface area contributed by atoms with Gasteiger partial charge >= 0.3 is 11.9 Å². The van der Waals surface area contributed by atoms with Crippen LogP contribution in [0.2, 0.25) is 0 Å². The van der Waals surface area contributed by atoms with Crippen LogP contribution in [0.15, 0.2) is 48.5 Å². The van der Waals surface area contributed by atoms with Crippen LogP contribution in [0.1, 0.15) is 20.7 Å². The molecule has 2 atom stereocenters. The van der Waals surface area contributed by atoms with Crippen LogP contribution in [0.4, 0.5) is 0 Å². The first-order chi connectivity index (χ1) is 12.8. The Morgan fingerprint density at radius 3 is 1.56 bits per heavy atom. The maximum absolute atomic E-state index is 12.2. The first-order valence-corrected chi connectivity index (χ1v) is 10.9. The molecular formula is C19H14Cl2I2O4. The van der Waals surface area contributed by atoms with Crippen molar-refractivity contribution in [3.8, 4) is 0 Å². The van der Waals surface area contributed by atoms with Crippen molar-refractivity contribution in [3.63, 3.8) is 0 Å². The summed E-state index contributed by atoms with van der Waals surface area (Å²) in [6.07, 6.45) is 0. The number of alkyl halides is 2. The summed E-state index contributed by atoms with van der Waals surface area (Å²) in [5, 5.41) is 0. The minimum Gasteiger partial charge on any atom is -0.462 e. The van der Waals surface area contributed by atoms with Crippen LogP contribution < -0.4 is 0 Å². The second kappa shape index (κ2) is 8.84. The molecule has 142 valence electrons. The summed E-state index contributed by atoms with van der Waals surface area (Å²) in [5.74, 6) is -1.42. The molecule has 0 heterocycles. The van der Waals surface area contributed by atoms with Crippen LogP contribution in [-0.4, -0.2) is 29.5 Å². The Balaban J connectivity index is 1.53. The number of hydrogen-bond acceptors (Lipinski definition) is 4. The van der Waals surface area contributed by atoms with E-state index >= 15 is 0 Å².